The Morgan fingerprint density at radius 3 is 2.35 bits per heavy atom. The standard InChI is InChI=1S/C27H31N3O4/c1-18-7-9-22-23(15-18)27(32)29(26(22)31)21-8-10-24(25(17-21)30(33)34)28-13-11-20(12-14-28)16-19-5-3-2-4-6-19/h2-6,8,10,17-18,20,22-23H,7,9,11-16H2,1H3. The van der Waals surface area contributed by atoms with Crippen LogP contribution in [0.5, 0.6) is 0 Å². The van der Waals surface area contributed by atoms with Crippen LogP contribution in [0.3, 0.4) is 0 Å². The van der Waals surface area contributed by atoms with Crippen LogP contribution in [0.1, 0.15) is 44.6 Å². The number of carbonyl (C=O) groups is 2. The number of nitro groups is 1. The largest absolute Gasteiger partial charge is 0.366 e. The van der Waals surface area contributed by atoms with Gasteiger partial charge < -0.3 is 4.90 Å². The third-order valence-corrected chi connectivity index (χ3v) is 7.92. The van der Waals surface area contributed by atoms with E-state index in [2.05, 4.69) is 36.1 Å². The van der Waals surface area contributed by atoms with E-state index in [4.69, 9.17) is 0 Å². The lowest BCUT2D eigenvalue weighted by atomic mass is 9.76. The number of benzene rings is 2. The molecule has 1 aliphatic carbocycles. The lowest BCUT2D eigenvalue weighted by Crippen LogP contribution is -2.35. The average Bonchev–Trinajstić information content (AvgIpc) is 3.09. The zero-order valence-corrected chi connectivity index (χ0v) is 19.6. The van der Waals surface area contributed by atoms with Crippen molar-refractivity contribution in [2.75, 3.05) is 22.9 Å². The van der Waals surface area contributed by atoms with Crippen LogP contribution in [0.25, 0.3) is 0 Å². The van der Waals surface area contributed by atoms with E-state index in [1.165, 1.54) is 16.5 Å². The fourth-order valence-electron chi connectivity index (χ4n) is 6.03. The quantitative estimate of drug-likeness (QED) is 0.356. The Balaban J connectivity index is 1.33. The first kappa shape index (κ1) is 22.6. The smallest absolute Gasteiger partial charge is 0.294 e. The Kier molecular flexibility index (Phi) is 6.11. The zero-order valence-electron chi connectivity index (χ0n) is 19.6. The van der Waals surface area contributed by atoms with E-state index in [9.17, 15) is 19.7 Å². The number of anilines is 2. The van der Waals surface area contributed by atoms with Crippen LogP contribution in [-0.2, 0) is 16.0 Å². The van der Waals surface area contributed by atoms with Gasteiger partial charge in [0.1, 0.15) is 5.69 Å². The highest BCUT2D eigenvalue weighted by Gasteiger charge is 2.50. The minimum absolute atomic E-state index is 0.0390. The van der Waals surface area contributed by atoms with E-state index in [0.29, 0.717) is 36.1 Å². The molecule has 2 aromatic carbocycles. The topological polar surface area (TPSA) is 83.8 Å². The summed E-state index contributed by atoms with van der Waals surface area (Å²) in [5.41, 5.74) is 2.18. The molecule has 0 spiro atoms. The maximum Gasteiger partial charge on any atom is 0.294 e. The second kappa shape index (κ2) is 9.20. The summed E-state index contributed by atoms with van der Waals surface area (Å²) in [7, 11) is 0. The van der Waals surface area contributed by atoms with Gasteiger partial charge in [0.25, 0.3) is 5.69 Å². The number of rotatable bonds is 5. The Morgan fingerprint density at radius 2 is 1.65 bits per heavy atom. The van der Waals surface area contributed by atoms with E-state index in [0.717, 1.165) is 38.8 Å². The Labute approximate surface area is 199 Å². The highest BCUT2D eigenvalue weighted by molar-refractivity contribution is 6.22. The van der Waals surface area contributed by atoms with Gasteiger partial charge in [-0.25, -0.2) is 4.90 Å². The van der Waals surface area contributed by atoms with Crippen LogP contribution in [-0.4, -0.2) is 29.8 Å². The number of nitrogens with zero attached hydrogens (tertiary/aromatic N) is 3. The molecule has 2 aliphatic heterocycles. The number of hydrogen-bond donors (Lipinski definition) is 0. The zero-order chi connectivity index (χ0) is 23.8. The molecule has 0 bridgehead atoms. The molecule has 34 heavy (non-hydrogen) atoms. The number of piperidine rings is 1. The summed E-state index contributed by atoms with van der Waals surface area (Å²) < 4.78 is 0. The number of nitro benzene ring substituents is 1. The highest BCUT2D eigenvalue weighted by Crippen LogP contribution is 2.43. The van der Waals surface area contributed by atoms with E-state index in [1.54, 1.807) is 12.1 Å². The summed E-state index contributed by atoms with van der Waals surface area (Å²) in [4.78, 5) is 41.0. The van der Waals surface area contributed by atoms with Crippen molar-refractivity contribution in [1.82, 2.24) is 0 Å². The molecular formula is C27H31N3O4. The first-order valence-corrected chi connectivity index (χ1v) is 12.4. The second-order valence-corrected chi connectivity index (χ2v) is 10.2. The van der Waals surface area contributed by atoms with Crippen molar-refractivity contribution in [3.63, 3.8) is 0 Å². The fraction of sp³-hybridized carbons (Fsp3) is 0.481. The molecule has 2 aromatic rings. The average molecular weight is 462 g/mol. The summed E-state index contributed by atoms with van der Waals surface area (Å²) in [6.07, 6.45) is 5.33. The molecule has 178 valence electrons. The van der Waals surface area contributed by atoms with Crippen molar-refractivity contribution in [3.05, 3.63) is 64.2 Å². The van der Waals surface area contributed by atoms with Crippen LogP contribution in [0.4, 0.5) is 17.1 Å². The molecule has 2 saturated heterocycles. The van der Waals surface area contributed by atoms with Crippen molar-refractivity contribution in [2.24, 2.45) is 23.7 Å². The van der Waals surface area contributed by atoms with Crippen molar-refractivity contribution in [2.45, 2.75) is 45.4 Å². The molecule has 1 saturated carbocycles. The Bertz CT molecular complexity index is 1090. The molecule has 3 unspecified atom stereocenters. The summed E-state index contributed by atoms with van der Waals surface area (Å²) in [5, 5.41) is 12.0. The molecule has 7 heteroatoms. The molecule has 2 heterocycles. The van der Waals surface area contributed by atoms with Gasteiger partial charge in [0.15, 0.2) is 0 Å². The third kappa shape index (κ3) is 4.19. The highest BCUT2D eigenvalue weighted by atomic mass is 16.6. The van der Waals surface area contributed by atoms with E-state index >= 15 is 0 Å². The lowest BCUT2D eigenvalue weighted by molar-refractivity contribution is -0.384. The number of fused-ring (bicyclic) bond motifs is 1. The molecular weight excluding hydrogens is 430 g/mol. The van der Waals surface area contributed by atoms with Gasteiger partial charge in [0.05, 0.1) is 22.4 Å². The van der Waals surface area contributed by atoms with Gasteiger partial charge in [-0.1, -0.05) is 37.3 Å². The molecule has 7 nitrogen and oxygen atoms in total. The number of imide groups is 1. The Hall–Kier alpha value is -3.22. The molecule has 0 N–H and O–H groups in total. The number of carbonyl (C=O) groups excluding carboxylic acids is 2. The molecule has 5 rings (SSSR count). The second-order valence-electron chi connectivity index (χ2n) is 10.2. The maximum absolute atomic E-state index is 13.1. The summed E-state index contributed by atoms with van der Waals surface area (Å²) in [6.45, 7) is 3.61. The van der Waals surface area contributed by atoms with E-state index in [1.807, 2.05) is 6.07 Å². The van der Waals surface area contributed by atoms with Crippen molar-refractivity contribution in [3.8, 4) is 0 Å². The molecule has 3 aliphatic rings. The molecule has 3 fully saturated rings. The molecule has 3 atom stereocenters. The van der Waals surface area contributed by atoms with Gasteiger partial charge in [-0.05, 0) is 68.1 Å². The first-order valence-electron chi connectivity index (χ1n) is 12.4. The summed E-state index contributed by atoms with van der Waals surface area (Å²) >= 11 is 0. The predicted molar refractivity (Wildman–Crippen MR) is 131 cm³/mol. The predicted octanol–water partition coefficient (Wildman–Crippen LogP) is 4.98. The maximum atomic E-state index is 13.1. The van der Waals surface area contributed by atoms with Crippen molar-refractivity contribution >= 4 is 28.9 Å². The number of hydrogen-bond acceptors (Lipinski definition) is 5. The minimum Gasteiger partial charge on any atom is -0.366 e. The van der Waals surface area contributed by atoms with Gasteiger partial charge in [0.2, 0.25) is 11.8 Å². The van der Waals surface area contributed by atoms with Crippen molar-refractivity contribution in [1.29, 1.82) is 0 Å². The van der Waals surface area contributed by atoms with E-state index in [-0.39, 0.29) is 29.3 Å². The van der Waals surface area contributed by atoms with Gasteiger partial charge in [-0.15, -0.1) is 0 Å². The SMILES string of the molecule is CC1CCC2C(=O)N(c3ccc(N4CCC(Cc5ccccc5)CC4)c([N+](=O)[O-])c3)C(=O)C2C1. The van der Waals surface area contributed by atoms with Gasteiger partial charge in [-0.3, -0.25) is 19.7 Å². The molecule has 2 amide bonds. The lowest BCUT2D eigenvalue weighted by Gasteiger charge is -2.33. The third-order valence-electron chi connectivity index (χ3n) is 7.92. The Morgan fingerprint density at radius 1 is 0.941 bits per heavy atom. The van der Waals surface area contributed by atoms with Crippen LogP contribution in [0, 0.1) is 33.8 Å². The van der Waals surface area contributed by atoms with Crippen molar-refractivity contribution < 1.29 is 14.5 Å². The van der Waals surface area contributed by atoms with E-state index < -0.39 is 4.92 Å². The fourth-order valence-corrected chi connectivity index (χ4v) is 6.03. The van der Waals surface area contributed by atoms with Crippen LogP contribution in [0.15, 0.2) is 48.5 Å². The van der Waals surface area contributed by atoms with Crippen LogP contribution < -0.4 is 9.80 Å². The number of amides is 2. The van der Waals surface area contributed by atoms with Gasteiger partial charge >= 0.3 is 0 Å². The molecule has 0 radical (unpaired) electrons. The van der Waals surface area contributed by atoms with Gasteiger partial charge in [0, 0.05) is 19.2 Å². The molecule has 0 aromatic heterocycles. The monoisotopic (exact) mass is 461 g/mol. The van der Waals surface area contributed by atoms with Crippen LogP contribution >= 0.6 is 0 Å². The first-order chi connectivity index (χ1) is 16.4. The van der Waals surface area contributed by atoms with Gasteiger partial charge in [-0.2, -0.15) is 0 Å². The summed E-state index contributed by atoms with van der Waals surface area (Å²) in [5.74, 6) is -0.0114. The normalized spacial score (nSPS) is 25.5. The summed E-state index contributed by atoms with van der Waals surface area (Å²) in [6, 6.07) is 15.3. The van der Waals surface area contributed by atoms with Crippen LogP contribution in [0.2, 0.25) is 0 Å². The minimum atomic E-state index is -0.394.